The number of carbonyl (C=O) groups is 1. The normalized spacial score (nSPS) is 11.0. The third-order valence-corrected chi connectivity index (χ3v) is 5.48. The molecule has 0 atom stereocenters. The molecule has 176 valence electrons. The molecule has 0 aliphatic rings. The molecule has 0 spiro atoms. The van der Waals surface area contributed by atoms with Crippen LogP contribution in [0.1, 0.15) is 18.1 Å². The van der Waals surface area contributed by atoms with Gasteiger partial charge in [-0.15, -0.1) is 0 Å². The number of pyridine rings is 1. The van der Waals surface area contributed by atoms with Crippen LogP contribution in [-0.4, -0.2) is 34.3 Å². The molecule has 0 bridgehead atoms. The zero-order chi connectivity index (χ0) is 24.1. The molecule has 0 fully saturated rings. The lowest BCUT2D eigenvalue weighted by Crippen LogP contribution is -2.19. The molecule has 4 rings (SSSR count). The highest BCUT2D eigenvalue weighted by molar-refractivity contribution is 5.98. The number of H-pyrrole nitrogens is 1. The number of fused-ring (bicyclic) bond motifs is 1. The number of ether oxygens (including phenoxy) is 1. The van der Waals surface area contributed by atoms with Crippen molar-refractivity contribution in [1.29, 1.82) is 0 Å². The van der Waals surface area contributed by atoms with E-state index in [2.05, 4.69) is 27.5 Å². The van der Waals surface area contributed by atoms with Gasteiger partial charge in [0.25, 0.3) is 0 Å². The largest absolute Gasteiger partial charge is 0.410 e. The van der Waals surface area contributed by atoms with E-state index >= 15 is 0 Å². The number of aliphatic hydroxyl groups excluding tert-OH is 1. The molecular weight excluding hydrogens is 437 g/mol. The van der Waals surface area contributed by atoms with E-state index in [0.717, 1.165) is 34.5 Å². The molecule has 2 heterocycles. The lowest BCUT2D eigenvalue weighted by atomic mass is 10.0. The number of aliphatic hydroxyl groups is 1. The van der Waals surface area contributed by atoms with Crippen molar-refractivity contribution in [3.8, 4) is 17.0 Å². The molecule has 0 saturated heterocycles. The van der Waals surface area contributed by atoms with Crippen molar-refractivity contribution in [2.24, 2.45) is 5.73 Å². The summed E-state index contributed by atoms with van der Waals surface area (Å²) in [6.07, 6.45) is 1.24. The van der Waals surface area contributed by atoms with E-state index in [4.69, 9.17) is 15.6 Å². The summed E-state index contributed by atoms with van der Waals surface area (Å²) in [6.45, 7) is 3.22. The van der Waals surface area contributed by atoms with Crippen molar-refractivity contribution < 1.29 is 19.0 Å². The maximum Gasteiger partial charge on any atom is 0.410 e. The second kappa shape index (κ2) is 10.3. The van der Waals surface area contributed by atoms with Crippen molar-refractivity contribution >= 4 is 28.5 Å². The summed E-state index contributed by atoms with van der Waals surface area (Å²) in [7, 11) is 0. The first kappa shape index (κ1) is 23.2. The second-order valence-corrected chi connectivity index (χ2v) is 7.69. The lowest BCUT2D eigenvalue weighted by Gasteiger charge is -2.18. The van der Waals surface area contributed by atoms with E-state index in [1.165, 1.54) is 18.3 Å². The van der Waals surface area contributed by atoms with Gasteiger partial charge in [0.1, 0.15) is 11.5 Å². The number of amides is 1. The van der Waals surface area contributed by atoms with Gasteiger partial charge in [0.05, 0.1) is 18.5 Å². The van der Waals surface area contributed by atoms with Gasteiger partial charge < -0.3 is 31.2 Å². The fraction of sp³-hybridized carbons (Fsp3) is 0.200. The topological polar surface area (TPSA) is 125 Å². The van der Waals surface area contributed by atoms with Crippen LogP contribution in [0, 0.1) is 5.82 Å². The maximum absolute atomic E-state index is 13.4. The summed E-state index contributed by atoms with van der Waals surface area (Å²) in [4.78, 5) is 19.2. The Morgan fingerprint density at radius 1 is 1.24 bits per heavy atom. The Balaban J connectivity index is 1.79. The number of aromatic amines is 1. The summed E-state index contributed by atoms with van der Waals surface area (Å²) in [5.74, 6) is -0.131. The maximum atomic E-state index is 13.4. The summed E-state index contributed by atoms with van der Waals surface area (Å²) >= 11 is 0. The Bertz CT molecular complexity index is 1300. The summed E-state index contributed by atoms with van der Waals surface area (Å²) in [5, 5.41) is 16.4. The Morgan fingerprint density at radius 3 is 2.74 bits per heavy atom. The van der Waals surface area contributed by atoms with Crippen LogP contribution in [0.4, 0.5) is 20.6 Å². The zero-order valence-electron chi connectivity index (χ0n) is 18.7. The number of nitrogens with zero attached hydrogens (tertiary/aromatic N) is 1. The summed E-state index contributed by atoms with van der Waals surface area (Å²) in [6, 6.07) is 13.9. The van der Waals surface area contributed by atoms with Crippen molar-refractivity contribution in [3.05, 3.63) is 71.7 Å². The average Bonchev–Trinajstić information content (AvgIpc) is 3.26. The van der Waals surface area contributed by atoms with Crippen molar-refractivity contribution in [2.45, 2.75) is 19.9 Å². The molecule has 8 nitrogen and oxygen atoms in total. The number of hydrogen-bond donors (Lipinski definition) is 5. The molecule has 0 radical (unpaired) electrons. The second-order valence-electron chi connectivity index (χ2n) is 7.69. The van der Waals surface area contributed by atoms with E-state index in [-0.39, 0.29) is 18.2 Å². The SMILES string of the molecule is CCc1c(CNCCO)cccc1Nc1c(OC(N)=O)cnc2[nH]c(-c3ccc(F)cc3)cc12. The number of hydrogen-bond acceptors (Lipinski definition) is 6. The molecule has 0 unspecified atom stereocenters. The number of anilines is 2. The van der Waals surface area contributed by atoms with Crippen LogP contribution in [0.25, 0.3) is 22.3 Å². The van der Waals surface area contributed by atoms with Gasteiger partial charge in [0, 0.05) is 29.9 Å². The number of halogens is 1. The molecule has 2 aromatic carbocycles. The van der Waals surface area contributed by atoms with Gasteiger partial charge in [-0.2, -0.15) is 0 Å². The van der Waals surface area contributed by atoms with Gasteiger partial charge in [0.2, 0.25) is 0 Å². The predicted octanol–water partition coefficient (Wildman–Crippen LogP) is 4.21. The highest BCUT2D eigenvalue weighted by atomic mass is 19.1. The van der Waals surface area contributed by atoms with Gasteiger partial charge >= 0.3 is 6.09 Å². The highest BCUT2D eigenvalue weighted by Crippen LogP contribution is 2.38. The van der Waals surface area contributed by atoms with Gasteiger partial charge in [0.15, 0.2) is 5.75 Å². The van der Waals surface area contributed by atoms with Gasteiger partial charge in [-0.3, -0.25) is 0 Å². The minimum absolute atomic E-state index is 0.0616. The third kappa shape index (κ3) is 5.00. The fourth-order valence-electron chi connectivity index (χ4n) is 3.93. The molecule has 4 aromatic rings. The standard InChI is InChI=1S/C25H26FN5O3/c1-2-18-16(13-28-10-11-32)4-3-5-20(18)30-23-19-12-21(15-6-8-17(26)9-7-15)31-24(19)29-14-22(23)34-25(27)33/h3-9,12,14,28,32H,2,10-11,13H2,1H3,(H2,27,33)(H2,29,30,31). The predicted molar refractivity (Wildman–Crippen MR) is 130 cm³/mol. The van der Waals surface area contributed by atoms with Crippen LogP contribution in [0.15, 0.2) is 54.7 Å². The average molecular weight is 464 g/mol. The van der Waals surface area contributed by atoms with Crippen LogP contribution < -0.4 is 21.1 Å². The quantitative estimate of drug-likeness (QED) is 0.237. The number of primary amides is 1. The minimum Gasteiger partial charge on any atom is -0.407 e. The van der Waals surface area contributed by atoms with Crippen LogP contribution in [-0.2, 0) is 13.0 Å². The summed E-state index contributed by atoms with van der Waals surface area (Å²) in [5.41, 5.74) is 10.9. The number of rotatable bonds is 9. The Hall–Kier alpha value is -3.95. The van der Waals surface area contributed by atoms with E-state index in [1.54, 1.807) is 12.1 Å². The van der Waals surface area contributed by atoms with E-state index in [9.17, 15) is 9.18 Å². The van der Waals surface area contributed by atoms with Crippen molar-refractivity contribution in [1.82, 2.24) is 15.3 Å². The molecule has 2 aromatic heterocycles. The molecule has 9 heteroatoms. The van der Waals surface area contributed by atoms with Crippen LogP contribution in [0.3, 0.4) is 0 Å². The Labute approximate surface area is 196 Å². The van der Waals surface area contributed by atoms with Crippen molar-refractivity contribution in [2.75, 3.05) is 18.5 Å². The number of benzene rings is 2. The summed E-state index contributed by atoms with van der Waals surface area (Å²) < 4.78 is 18.6. The Morgan fingerprint density at radius 2 is 2.03 bits per heavy atom. The van der Waals surface area contributed by atoms with Gasteiger partial charge in [-0.1, -0.05) is 19.1 Å². The molecule has 1 amide bonds. The van der Waals surface area contributed by atoms with E-state index < -0.39 is 6.09 Å². The first-order chi connectivity index (χ1) is 16.5. The minimum atomic E-state index is -0.948. The number of carbonyl (C=O) groups excluding carboxylic acids is 1. The molecule has 0 aliphatic carbocycles. The number of aromatic nitrogens is 2. The van der Waals surface area contributed by atoms with E-state index in [1.807, 2.05) is 24.3 Å². The molecule has 0 aliphatic heterocycles. The zero-order valence-corrected chi connectivity index (χ0v) is 18.7. The fourth-order valence-corrected chi connectivity index (χ4v) is 3.93. The van der Waals surface area contributed by atoms with Gasteiger partial charge in [-0.25, -0.2) is 14.2 Å². The highest BCUT2D eigenvalue weighted by Gasteiger charge is 2.17. The third-order valence-electron chi connectivity index (χ3n) is 5.48. The molecular formula is C25H26FN5O3. The first-order valence-corrected chi connectivity index (χ1v) is 10.9. The first-order valence-electron chi connectivity index (χ1n) is 10.9. The van der Waals surface area contributed by atoms with Gasteiger partial charge in [-0.05, 0) is 59.5 Å². The Kier molecular flexibility index (Phi) is 7.05. The smallest absolute Gasteiger partial charge is 0.407 e. The molecule has 0 saturated carbocycles. The van der Waals surface area contributed by atoms with Crippen LogP contribution in [0.2, 0.25) is 0 Å². The number of nitrogens with one attached hydrogen (secondary N) is 3. The van der Waals surface area contributed by atoms with Crippen LogP contribution >= 0.6 is 0 Å². The number of nitrogens with two attached hydrogens (primary N) is 1. The van der Waals surface area contributed by atoms with Crippen LogP contribution in [0.5, 0.6) is 5.75 Å². The monoisotopic (exact) mass is 463 g/mol. The molecule has 6 N–H and O–H groups in total. The van der Waals surface area contributed by atoms with Crippen molar-refractivity contribution in [3.63, 3.8) is 0 Å². The lowest BCUT2D eigenvalue weighted by molar-refractivity contribution is 0.211. The molecule has 34 heavy (non-hydrogen) atoms. The van der Waals surface area contributed by atoms with E-state index in [0.29, 0.717) is 29.8 Å².